The Bertz CT molecular complexity index is 362. The summed E-state index contributed by atoms with van der Waals surface area (Å²) in [5, 5.41) is 12.0. The van der Waals surface area contributed by atoms with E-state index < -0.39 is 5.97 Å². The summed E-state index contributed by atoms with van der Waals surface area (Å²) in [6, 6.07) is 0. The Hall–Kier alpha value is -1.39. The zero-order valence-electron chi connectivity index (χ0n) is 8.15. The Kier molecular flexibility index (Phi) is 1.83. The lowest BCUT2D eigenvalue weighted by Gasteiger charge is -2.40. The molecule has 0 radical (unpaired) electrons. The van der Waals surface area contributed by atoms with Gasteiger partial charge in [-0.05, 0) is 23.4 Å². The van der Waals surface area contributed by atoms with Crippen molar-refractivity contribution in [2.45, 2.75) is 32.6 Å². The minimum atomic E-state index is -1.14. The Balaban J connectivity index is 2.08. The van der Waals surface area contributed by atoms with Crippen LogP contribution in [0, 0.1) is 5.41 Å². The third-order valence-electron chi connectivity index (χ3n) is 2.58. The van der Waals surface area contributed by atoms with Crippen LogP contribution in [0.5, 0.6) is 0 Å². The van der Waals surface area contributed by atoms with E-state index in [9.17, 15) is 4.79 Å². The predicted octanol–water partition coefficient (Wildman–Crippen LogP) is 1.67. The van der Waals surface area contributed by atoms with Crippen molar-refractivity contribution < 1.29 is 14.4 Å². The van der Waals surface area contributed by atoms with Gasteiger partial charge >= 0.3 is 5.97 Å². The van der Waals surface area contributed by atoms with Gasteiger partial charge in [-0.25, -0.2) is 4.79 Å². The van der Waals surface area contributed by atoms with E-state index in [1.807, 2.05) is 0 Å². The van der Waals surface area contributed by atoms with Crippen LogP contribution in [-0.2, 0) is 0 Å². The zero-order valence-corrected chi connectivity index (χ0v) is 8.15. The molecule has 0 aliphatic heterocycles. The van der Waals surface area contributed by atoms with E-state index in [1.54, 1.807) is 0 Å². The van der Waals surface area contributed by atoms with Crippen LogP contribution in [0.1, 0.15) is 49.1 Å². The highest BCUT2D eigenvalue weighted by molar-refractivity contribution is 5.82. The molecular weight excluding hydrogens is 184 g/mol. The Morgan fingerprint density at radius 1 is 1.57 bits per heavy atom. The number of carbonyl (C=O) groups is 1. The van der Waals surface area contributed by atoms with E-state index >= 15 is 0 Å². The van der Waals surface area contributed by atoms with Gasteiger partial charge in [-0.15, -0.1) is 0 Å². The van der Waals surface area contributed by atoms with Crippen LogP contribution >= 0.6 is 0 Å². The minimum Gasteiger partial charge on any atom is -0.475 e. The molecule has 0 atom stereocenters. The molecule has 14 heavy (non-hydrogen) atoms. The van der Waals surface area contributed by atoms with Crippen LogP contribution in [-0.4, -0.2) is 21.2 Å². The third kappa shape index (κ3) is 1.49. The first-order chi connectivity index (χ1) is 6.48. The summed E-state index contributed by atoms with van der Waals surface area (Å²) >= 11 is 0. The normalized spacial score (nSPS) is 20.4. The molecule has 5 heteroatoms. The first-order valence-electron chi connectivity index (χ1n) is 4.55. The summed E-state index contributed by atoms with van der Waals surface area (Å²) in [6.45, 7) is 4.33. The maximum Gasteiger partial charge on any atom is 0.377 e. The van der Waals surface area contributed by atoms with E-state index in [-0.39, 0.29) is 11.7 Å². The van der Waals surface area contributed by atoms with Crippen LogP contribution in [0.25, 0.3) is 0 Å². The third-order valence-corrected chi connectivity index (χ3v) is 2.58. The highest BCUT2D eigenvalue weighted by Gasteiger charge is 2.40. The molecule has 1 aromatic rings. The van der Waals surface area contributed by atoms with Crippen molar-refractivity contribution in [2.75, 3.05) is 0 Å². The van der Waals surface area contributed by atoms with Gasteiger partial charge in [0.2, 0.25) is 5.89 Å². The van der Waals surface area contributed by atoms with Crippen LogP contribution < -0.4 is 0 Å². The lowest BCUT2D eigenvalue weighted by Crippen LogP contribution is -2.30. The van der Waals surface area contributed by atoms with Gasteiger partial charge in [0, 0.05) is 5.92 Å². The highest BCUT2D eigenvalue weighted by Crippen LogP contribution is 2.49. The number of aromatic carboxylic acids is 1. The molecule has 76 valence electrons. The molecule has 1 N–H and O–H groups in total. The van der Waals surface area contributed by atoms with Crippen molar-refractivity contribution in [3.8, 4) is 0 Å². The lowest BCUT2D eigenvalue weighted by atomic mass is 9.64. The summed E-state index contributed by atoms with van der Waals surface area (Å²) in [6.07, 6.45) is 1.96. The predicted molar refractivity (Wildman–Crippen MR) is 47.0 cm³/mol. The largest absolute Gasteiger partial charge is 0.475 e. The second kappa shape index (κ2) is 2.80. The fourth-order valence-corrected chi connectivity index (χ4v) is 1.94. The van der Waals surface area contributed by atoms with E-state index in [1.165, 1.54) is 0 Å². The minimum absolute atomic E-state index is 0.241. The number of carboxylic acids is 1. The highest BCUT2D eigenvalue weighted by atomic mass is 16.5. The molecule has 1 aromatic heterocycles. The van der Waals surface area contributed by atoms with E-state index in [0.29, 0.717) is 11.3 Å². The van der Waals surface area contributed by atoms with Crippen LogP contribution in [0.15, 0.2) is 4.52 Å². The van der Waals surface area contributed by atoms with Crippen LogP contribution in [0.3, 0.4) is 0 Å². The average molecular weight is 196 g/mol. The second-order valence-corrected chi connectivity index (χ2v) is 4.53. The maximum atomic E-state index is 10.5. The topological polar surface area (TPSA) is 76.2 Å². The molecule has 1 aliphatic carbocycles. The number of nitrogens with zero attached hydrogens (tertiary/aromatic N) is 2. The fraction of sp³-hybridized carbons (Fsp3) is 0.667. The monoisotopic (exact) mass is 196 g/mol. The second-order valence-electron chi connectivity index (χ2n) is 4.53. The molecule has 1 aliphatic rings. The molecule has 0 unspecified atom stereocenters. The van der Waals surface area contributed by atoms with Crippen molar-refractivity contribution in [2.24, 2.45) is 5.41 Å². The smallest absolute Gasteiger partial charge is 0.377 e. The fourth-order valence-electron chi connectivity index (χ4n) is 1.94. The van der Waals surface area contributed by atoms with Gasteiger partial charge in [-0.3, -0.25) is 0 Å². The molecule has 1 fully saturated rings. The molecule has 1 saturated carbocycles. The van der Waals surface area contributed by atoms with Crippen molar-refractivity contribution in [1.29, 1.82) is 0 Å². The summed E-state index contributed by atoms with van der Waals surface area (Å²) in [5.74, 6) is -0.685. The van der Waals surface area contributed by atoms with Gasteiger partial charge in [-0.1, -0.05) is 13.8 Å². The van der Waals surface area contributed by atoms with Gasteiger partial charge in [0.05, 0.1) is 0 Å². The number of hydrogen-bond donors (Lipinski definition) is 1. The summed E-state index contributed by atoms with van der Waals surface area (Å²) < 4.78 is 4.88. The molecule has 0 spiro atoms. The Morgan fingerprint density at radius 3 is 2.64 bits per heavy atom. The molecule has 0 saturated heterocycles. The molecular formula is C9H12N2O3. The van der Waals surface area contributed by atoms with Gasteiger partial charge < -0.3 is 9.63 Å². The first-order valence-corrected chi connectivity index (χ1v) is 4.55. The Morgan fingerprint density at radius 2 is 2.21 bits per heavy atom. The summed E-state index contributed by atoms with van der Waals surface area (Å²) in [5.41, 5.74) is 0.322. The van der Waals surface area contributed by atoms with Crippen molar-refractivity contribution in [3.05, 3.63) is 11.7 Å². The van der Waals surface area contributed by atoms with Gasteiger partial charge in [-0.2, -0.15) is 4.98 Å². The summed E-state index contributed by atoms with van der Waals surface area (Å²) in [4.78, 5) is 14.3. The number of carboxylic acid groups (broad SMARTS) is 1. The van der Waals surface area contributed by atoms with Crippen LogP contribution in [0.2, 0.25) is 0 Å². The SMILES string of the molecule is CC1(C)CC(c2nc(C(=O)O)no2)C1. The number of hydrogen-bond acceptors (Lipinski definition) is 4. The standard InChI is InChI=1S/C9H12N2O3/c1-9(2)3-5(4-9)7-10-6(8(12)13)11-14-7/h5H,3-4H2,1-2H3,(H,12,13). The number of rotatable bonds is 2. The van der Waals surface area contributed by atoms with Gasteiger partial charge in [0.1, 0.15) is 0 Å². The molecule has 5 nitrogen and oxygen atoms in total. The maximum absolute atomic E-state index is 10.5. The number of aromatic nitrogens is 2. The molecule has 1 heterocycles. The molecule has 2 rings (SSSR count). The van der Waals surface area contributed by atoms with E-state index in [2.05, 4.69) is 24.0 Å². The van der Waals surface area contributed by atoms with Crippen molar-refractivity contribution in [1.82, 2.24) is 10.1 Å². The molecule has 0 aromatic carbocycles. The Labute approximate surface area is 81.1 Å². The average Bonchev–Trinajstić information content (AvgIpc) is 2.47. The lowest BCUT2D eigenvalue weighted by molar-refractivity contribution is 0.0680. The molecule has 0 amide bonds. The first kappa shape index (κ1) is 9.18. The van der Waals surface area contributed by atoms with Gasteiger partial charge in [0.25, 0.3) is 5.82 Å². The zero-order chi connectivity index (χ0) is 10.3. The van der Waals surface area contributed by atoms with Crippen molar-refractivity contribution >= 4 is 5.97 Å². The van der Waals surface area contributed by atoms with Gasteiger partial charge in [0.15, 0.2) is 0 Å². The van der Waals surface area contributed by atoms with Crippen molar-refractivity contribution in [3.63, 3.8) is 0 Å². The quantitative estimate of drug-likeness (QED) is 0.778. The summed E-state index contributed by atoms with van der Waals surface area (Å²) in [7, 11) is 0. The van der Waals surface area contributed by atoms with Crippen LogP contribution in [0.4, 0.5) is 0 Å². The molecule has 0 bridgehead atoms. The van der Waals surface area contributed by atoms with E-state index in [4.69, 9.17) is 9.63 Å². The van der Waals surface area contributed by atoms with E-state index in [0.717, 1.165) is 12.8 Å².